The molecule has 1 atom stereocenters. The van der Waals surface area contributed by atoms with E-state index in [-0.39, 0.29) is 6.10 Å². The number of rotatable bonds is 2. The number of carbonyl (C=O) groups is 1. The first-order valence-corrected chi connectivity index (χ1v) is 2.93. The molecule has 1 rings (SSSR count). The third kappa shape index (κ3) is 1.74. The van der Waals surface area contributed by atoms with E-state index < -0.39 is 0 Å². The fourth-order valence-corrected chi connectivity index (χ4v) is 0.768. The molecule has 0 heterocycles. The lowest BCUT2D eigenvalue weighted by Crippen LogP contribution is -2.08. The molecule has 48 valence electrons. The van der Waals surface area contributed by atoms with Crippen molar-refractivity contribution in [2.24, 2.45) is 0 Å². The Hall–Kier alpha value is -1.01. The van der Waals surface area contributed by atoms with Crippen LogP contribution in [0.2, 0.25) is 0 Å². The molecule has 0 saturated carbocycles. The van der Waals surface area contributed by atoms with Gasteiger partial charge in [-0.25, -0.2) is 0 Å². The normalized spacial score (nSPS) is 23.8. The molecule has 0 N–H and O–H groups in total. The topological polar surface area (TPSA) is 26.3 Å². The predicted octanol–water partition coefficient (Wildman–Crippen LogP) is 1.03. The van der Waals surface area contributed by atoms with Crippen LogP contribution in [-0.2, 0) is 9.53 Å². The molecule has 0 bridgehead atoms. The fraction of sp³-hybridized carbons (Fsp3) is 0.429. The largest absolute Gasteiger partial charge is 0.460 e. The molecular weight excluding hydrogens is 116 g/mol. The molecule has 1 aliphatic rings. The maximum atomic E-state index is 9.79. The maximum absolute atomic E-state index is 9.79. The van der Waals surface area contributed by atoms with Crippen molar-refractivity contribution < 1.29 is 9.53 Å². The second-order valence-electron chi connectivity index (χ2n) is 1.89. The number of ether oxygens (including phenoxy) is 1. The second kappa shape index (κ2) is 3.10. The van der Waals surface area contributed by atoms with Gasteiger partial charge in [0.15, 0.2) is 0 Å². The van der Waals surface area contributed by atoms with Crippen LogP contribution in [0.5, 0.6) is 0 Å². The van der Waals surface area contributed by atoms with E-state index in [0.717, 1.165) is 12.8 Å². The van der Waals surface area contributed by atoms with Crippen LogP contribution in [0.25, 0.3) is 0 Å². The number of hydrogen-bond donors (Lipinski definition) is 0. The summed E-state index contributed by atoms with van der Waals surface area (Å²) in [6.07, 6.45) is 5.51. The van der Waals surface area contributed by atoms with Crippen LogP contribution in [-0.4, -0.2) is 12.6 Å². The number of carbonyl (C=O) groups excluding carboxylic acids is 1. The van der Waals surface area contributed by atoms with Gasteiger partial charge in [-0.15, -0.1) is 5.73 Å². The van der Waals surface area contributed by atoms with Gasteiger partial charge in [0.05, 0.1) is 0 Å². The van der Waals surface area contributed by atoms with E-state index in [4.69, 9.17) is 0 Å². The second-order valence-corrected chi connectivity index (χ2v) is 1.89. The summed E-state index contributed by atoms with van der Waals surface area (Å²) in [7, 11) is 0. The van der Waals surface area contributed by atoms with Crippen molar-refractivity contribution in [3.05, 3.63) is 17.9 Å². The van der Waals surface area contributed by atoms with Gasteiger partial charge in [0, 0.05) is 0 Å². The Kier molecular flexibility index (Phi) is 2.11. The van der Waals surface area contributed by atoms with E-state index in [9.17, 15) is 4.79 Å². The summed E-state index contributed by atoms with van der Waals surface area (Å²) < 4.78 is 4.66. The monoisotopic (exact) mass is 124 g/mol. The Labute approximate surface area is 53.8 Å². The van der Waals surface area contributed by atoms with E-state index >= 15 is 0 Å². The zero-order valence-corrected chi connectivity index (χ0v) is 5.04. The van der Waals surface area contributed by atoms with Crippen LogP contribution in [0.3, 0.4) is 0 Å². The smallest absolute Gasteiger partial charge is 0.293 e. The SMILES string of the molecule is O=COC1C=C=CCC1. The molecule has 0 aliphatic heterocycles. The molecule has 1 unspecified atom stereocenters. The van der Waals surface area contributed by atoms with E-state index in [1.54, 1.807) is 6.08 Å². The van der Waals surface area contributed by atoms with Crippen molar-refractivity contribution in [2.75, 3.05) is 0 Å². The summed E-state index contributed by atoms with van der Waals surface area (Å²) in [5.74, 6) is 0. The summed E-state index contributed by atoms with van der Waals surface area (Å²) in [6.45, 7) is 0.480. The summed E-state index contributed by atoms with van der Waals surface area (Å²) in [4.78, 5) is 9.79. The minimum absolute atomic E-state index is 0.0347. The molecule has 0 spiro atoms. The summed E-state index contributed by atoms with van der Waals surface area (Å²) in [6, 6.07) is 0. The van der Waals surface area contributed by atoms with Crippen LogP contribution in [0.4, 0.5) is 0 Å². The van der Waals surface area contributed by atoms with Crippen molar-refractivity contribution >= 4 is 6.47 Å². The Morgan fingerprint density at radius 3 is 3.22 bits per heavy atom. The molecule has 0 aromatic carbocycles. The Bertz CT molecular complexity index is 154. The van der Waals surface area contributed by atoms with Crippen LogP contribution < -0.4 is 0 Å². The third-order valence-electron chi connectivity index (χ3n) is 1.23. The molecule has 0 saturated heterocycles. The molecule has 9 heavy (non-hydrogen) atoms. The highest BCUT2D eigenvalue weighted by molar-refractivity contribution is 5.38. The number of hydrogen-bond acceptors (Lipinski definition) is 2. The molecule has 0 aromatic rings. The van der Waals surface area contributed by atoms with Crippen molar-refractivity contribution in [1.82, 2.24) is 0 Å². The molecule has 0 aromatic heterocycles. The van der Waals surface area contributed by atoms with Crippen molar-refractivity contribution in [2.45, 2.75) is 18.9 Å². The standard InChI is InChI=1S/C7H8O2/c8-6-9-7-4-2-1-3-5-7/h1,5-7H,2,4H2. The molecule has 2 nitrogen and oxygen atoms in total. The highest BCUT2D eigenvalue weighted by Gasteiger charge is 2.04. The first-order valence-electron chi connectivity index (χ1n) is 2.93. The maximum Gasteiger partial charge on any atom is 0.293 e. The van der Waals surface area contributed by atoms with Gasteiger partial charge in [-0.3, -0.25) is 4.79 Å². The lowest BCUT2D eigenvalue weighted by molar-refractivity contribution is -0.131. The Morgan fingerprint density at radius 2 is 2.67 bits per heavy atom. The van der Waals surface area contributed by atoms with E-state index in [2.05, 4.69) is 10.5 Å². The summed E-state index contributed by atoms with van der Waals surface area (Å²) >= 11 is 0. The van der Waals surface area contributed by atoms with Crippen molar-refractivity contribution in [3.63, 3.8) is 0 Å². The van der Waals surface area contributed by atoms with E-state index in [1.807, 2.05) is 6.08 Å². The van der Waals surface area contributed by atoms with Crippen molar-refractivity contribution in [1.29, 1.82) is 0 Å². The third-order valence-corrected chi connectivity index (χ3v) is 1.23. The average Bonchev–Trinajstić information content (AvgIpc) is 1.91. The van der Waals surface area contributed by atoms with Crippen LogP contribution in [0, 0.1) is 0 Å². The van der Waals surface area contributed by atoms with Gasteiger partial charge in [-0.05, 0) is 25.0 Å². The van der Waals surface area contributed by atoms with Gasteiger partial charge in [0.2, 0.25) is 0 Å². The molecule has 0 radical (unpaired) electrons. The van der Waals surface area contributed by atoms with Crippen molar-refractivity contribution in [3.8, 4) is 0 Å². The average molecular weight is 124 g/mol. The Morgan fingerprint density at radius 1 is 1.78 bits per heavy atom. The summed E-state index contributed by atoms with van der Waals surface area (Å²) in [5.41, 5.74) is 2.89. The first kappa shape index (κ1) is 6.12. The first-order chi connectivity index (χ1) is 4.43. The van der Waals surface area contributed by atoms with Crippen LogP contribution >= 0.6 is 0 Å². The van der Waals surface area contributed by atoms with Crippen LogP contribution in [0.1, 0.15) is 12.8 Å². The van der Waals surface area contributed by atoms with Gasteiger partial charge in [-0.2, -0.15) is 0 Å². The minimum Gasteiger partial charge on any atom is -0.460 e. The zero-order valence-electron chi connectivity index (χ0n) is 5.04. The highest BCUT2D eigenvalue weighted by atomic mass is 16.5. The van der Waals surface area contributed by atoms with Gasteiger partial charge >= 0.3 is 0 Å². The summed E-state index contributed by atoms with van der Waals surface area (Å²) in [5, 5.41) is 0. The molecule has 1 aliphatic carbocycles. The molecule has 2 heteroatoms. The quantitative estimate of drug-likeness (QED) is 0.406. The van der Waals surface area contributed by atoms with Gasteiger partial charge in [-0.1, -0.05) is 0 Å². The molecular formula is C7H8O2. The predicted molar refractivity (Wildman–Crippen MR) is 32.8 cm³/mol. The minimum atomic E-state index is -0.0347. The van der Waals surface area contributed by atoms with E-state index in [0.29, 0.717) is 6.47 Å². The molecule has 0 fully saturated rings. The Balaban J connectivity index is 2.42. The van der Waals surface area contributed by atoms with Crippen LogP contribution in [0.15, 0.2) is 17.9 Å². The van der Waals surface area contributed by atoms with Gasteiger partial charge < -0.3 is 4.74 Å². The fourth-order valence-electron chi connectivity index (χ4n) is 0.768. The lowest BCUT2D eigenvalue weighted by Gasteiger charge is -2.09. The van der Waals surface area contributed by atoms with Gasteiger partial charge in [0.25, 0.3) is 6.47 Å². The lowest BCUT2D eigenvalue weighted by atomic mass is 10.1. The highest BCUT2D eigenvalue weighted by Crippen LogP contribution is 2.06. The van der Waals surface area contributed by atoms with Gasteiger partial charge in [0.1, 0.15) is 6.10 Å². The zero-order chi connectivity index (χ0) is 6.53. The van der Waals surface area contributed by atoms with E-state index in [1.165, 1.54) is 0 Å². The molecule has 0 amide bonds.